The molecular formula is C31H45F3N4O6. The number of nitrogens with one attached hydrogen (secondary N) is 1. The summed E-state index contributed by atoms with van der Waals surface area (Å²) < 4.78 is 49.4. The van der Waals surface area contributed by atoms with Crippen molar-refractivity contribution in [2.45, 2.75) is 99.0 Å². The van der Waals surface area contributed by atoms with Crippen LogP contribution in [0.15, 0.2) is 12.1 Å². The summed E-state index contributed by atoms with van der Waals surface area (Å²) in [6, 6.07) is 0.755. The Hall–Kier alpha value is -3.35. The normalized spacial score (nSPS) is 19.6. The van der Waals surface area contributed by atoms with Crippen molar-refractivity contribution >= 4 is 29.4 Å². The van der Waals surface area contributed by atoms with E-state index in [9.17, 15) is 32.3 Å². The largest absolute Gasteiger partial charge is 0.476 e. The number of benzene rings is 1. The summed E-state index contributed by atoms with van der Waals surface area (Å²) in [5.41, 5.74) is -4.13. The lowest BCUT2D eigenvalue weighted by atomic mass is 9.96. The number of fused-ring (bicyclic) bond motifs is 1. The highest BCUT2D eigenvalue weighted by atomic mass is 19.4. The van der Waals surface area contributed by atoms with E-state index in [1.165, 1.54) is 28.7 Å². The molecule has 0 aliphatic carbocycles. The number of nitrogens with zero attached hydrogens (tertiary/aromatic N) is 3. The van der Waals surface area contributed by atoms with Gasteiger partial charge in [0.15, 0.2) is 5.60 Å². The second kappa shape index (κ2) is 12.9. The second-order valence-electron chi connectivity index (χ2n) is 13.3. The molecule has 0 radical (unpaired) electrons. The number of hydroxylamine groups is 2. The molecule has 0 bridgehead atoms. The molecule has 1 N–H and O–H groups in total. The lowest BCUT2D eigenvalue weighted by molar-refractivity contribution is -0.208. The van der Waals surface area contributed by atoms with Gasteiger partial charge >= 0.3 is 12.1 Å². The fourth-order valence-electron chi connectivity index (χ4n) is 5.36. The van der Waals surface area contributed by atoms with Gasteiger partial charge < -0.3 is 24.7 Å². The first kappa shape index (κ1) is 35.1. The molecule has 2 atom stereocenters. The van der Waals surface area contributed by atoms with Gasteiger partial charge in [0.05, 0.1) is 34.7 Å². The highest BCUT2D eigenvalue weighted by molar-refractivity contribution is 6.05. The number of halogens is 3. The molecule has 10 nitrogen and oxygen atoms in total. The smallest absolute Gasteiger partial charge is 0.417 e. The summed E-state index contributed by atoms with van der Waals surface area (Å²) >= 11 is 0. The van der Waals surface area contributed by atoms with Crippen LogP contribution in [0, 0.1) is 11.3 Å². The van der Waals surface area contributed by atoms with E-state index in [1.807, 2.05) is 0 Å². The summed E-state index contributed by atoms with van der Waals surface area (Å²) in [6.07, 6.45) is -3.87. The van der Waals surface area contributed by atoms with Crippen molar-refractivity contribution in [1.29, 1.82) is 0 Å². The van der Waals surface area contributed by atoms with Gasteiger partial charge in [-0.1, -0.05) is 6.92 Å². The van der Waals surface area contributed by atoms with Crippen LogP contribution in [-0.2, 0) is 25.4 Å². The number of carbonyl (C=O) groups excluding carboxylic acids is 4. The van der Waals surface area contributed by atoms with Crippen LogP contribution in [-0.4, -0.2) is 77.5 Å². The molecule has 1 aromatic rings. The molecule has 1 fully saturated rings. The fraction of sp³-hybridized carbons (Fsp3) is 0.677. The van der Waals surface area contributed by atoms with Gasteiger partial charge in [-0.25, -0.2) is 4.79 Å². The fourth-order valence-corrected chi connectivity index (χ4v) is 5.36. The van der Waals surface area contributed by atoms with E-state index < -0.39 is 64.1 Å². The van der Waals surface area contributed by atoms with E-state index in [2.05, 4.69) is 5.32 Å². The van der Waals surface area contributed by atoms with Gasteiger partial charge in [0.2, 0.25) is 5.91 Å². The lowest BCUT2D eigenvalue weighted by Gasteiger charge is -2.42. The molecule has 0 unspecified atom stereocenters. The van der Waals surface area contributed by atoms with Crippen LogP contribution in [0.4, 0.5) is 18.9 Å². The minimum atomic E-state index is -4.92. The number of ether oxygens (including phenoxy) is 1. The monoisotopic (exact) mass is 626 g/mol. The summed E-state index contributed by atoms with van der Waals surface area (Å²) in [6.45, 7) is 15.6. The van der Waals surface area contributed by atoms with E-state index in [1.54, 1.807) is 48.5 Å². The van der Waals surface area contributed by atoms with Gasteiger partial charge in [0.25, 0.3) is 11.8 Å². The maximum Gasteiger partial charge on any atom is 0.417 e. The number of hydrogen-bond acceptors (Lipinski definition) is 7. The third kappa shape index (κ3) is 7.65. The Morgan fingerprint density at radius 3 is 2.34 bits per heavy atom. The summed E-state index contributed by atoms with van der Waals surface area (Å²) in [5, 5.41) is 4.15. The van der Waals surface area contributed by atoms with Crippen molar-refractivity contribution in [3.05, 3.63) is 23.3 Å². The molecule has 44 heavy (non-hydrogen) atoms. The molecule has 2 aliphatic heterocycles. The second-order valence-corrected chi connectivity index (χ2v) is 13.3. The zero-order chi connectivity index (χ0) is 33.4. The van der Waals surface area contributed by atoms with Crippen LogP contribution in [0.3, 0.4) is 0 Å². The molecular weight excluding hydrogens is 581 g/mol. The van der Waals surface area contributed by atoms with E-state index >= 15 is 0 Å². The number of piperidine rings is 1. The average molecular weight is 627 g/mol. The van der Waals surface area contributed by atoms with E-state index in [0.717, 1.165) is 12.1 Å². The first-order valence-corrected chi connectivity index (χ1v) is 15.0. The van der Waals surface area contributed by atoms with Crippen molar-refractivity contribution in [2.75, 3.05) is 31.1 Å². The zero-order valence-electron chi connectivity index (χ0n) is 27.1. The maximum absolute atomic E-state index is 14.5. The molecule has 0 spiro atoms. The number of carbonyl (C=O) groups is 4. The minimum Gasteiger partial charge on any atom is -0.476 e. The minimum absolute atomic E-state index is 0.0186. The first-order valence-electron chi connectivity index (χ1n) is 15.0. The Kier molecular flexibility index (Phi) is 10.3. The van der Waals surface area contributed by atoms with Crippen molar-refractivity contribution in [3.8, 4) is 5.75 Å². The van der Waals surface area contributed by atoms with Crippen LogP contribution in [0.1, 0.15) is 91.1 Å². The topological polar surface area (TPSA) is 108 Å². The Balaban J connectivity index is 2.08. The molecule has 2 heterocycles. The molecule has 2 aliphatic rings. The third-order valence-corrected chi connectivity index (χ3v) is 7.67. The number of amides is 3. The van der Waals surface area contributed by atoms with Gasteiger partial charge in [0.1, 0.15) is 5.75 Å². The van der Waals surface area contributed by atoms with Gasteiger partial charge in [-0.05, 0) is 80.4 Å². The summed E-state index contributed by atoms with van der Waals surface area (Å²) in [7, 11) is 0. The highest BCUT2D eigenvalue weighted by Crippen LogP contribution is 2.45. The quantitative estimate of drug-likeness (QED) is 0.442. The van der Waals surface area contributed by atoms with E-state index in [4.69, 9.17) is 9.57 Å². The standard InChI is InChI=1S/C31H45F3N4O6/c1-10-35-25(39)19(4)16-37-23-14-21(22(31(32,33)34)15-24(23)43-30(8,9)27(37)41)26(40)38(18(2)3)20-12-11-13-36(17-20)44-28(42)29(5,6)7/h14-15,18-20H,10-13,16-17H2,1-9H3,(H,35,39)/t19-,20+/m0/s1. The average Bonchev–Trinajstić information content (AvgIpc) is 2.89. The van der Waals surface area contributed by atoms with Gasteiger partial charge in [-0.2, -0.15) is 13.2 Å². The molecule has 246 valence electrons. The molecule has 1 aromatic carbocycles. The molecule has 0 aromatic heterocycles. The third-order valence-electron chi connectivity index (χ3n) is 7.67. The van der Waals surface area contributed by atoms with Gasteiger partial charge in [-0.3, -0.25) is 14.4 Å². The molecule has 3 amide bonds. The number of rotatable bonds is 8. The summed E-state index contributed by atoms with van der Waals surface area (Å²) in [4.78, 5) is 60.8. The predicted molar refractivity (Wildman–Crippen MR) is 158 cm³/mol. The Morgan fingerprint density at radius 2 is 1.80 bits per heavy atom. The van der Waals surface area contributed by atoms with Crippen molar-refractivity contribution in [2.24, 2.45) is 11.3 Å². The SMILES string of the molecule is CCNC(=O)[C@@H](C)CN1C(=O)C(C)(C)Oc2cc(C(F)(F)F)c(C(=O)N(C(C)C)[C@@H]3CCCN(OC(=O)C(C)(C)C)C3)cc21. The predicted octanol–water partition coefficient (Wildman–Crippen LogP) is 4.80. The van der Waals surface area contributed by atoms with Crippen molar-refractivity contribution in [3.63, 3.8) is 0 Å². The maximum atomic E-state index is 14.5. The lowest BCUT2D eigenvalue weighted by Crippen LogP contribution is -2.55. The molecule has 1 saturated heterocycles. The highest BCUT2D eigenvalue weighted by Gasteiger charge is 2.46. The Morgan fingerprint density at radius 1 is 1.16 bits per heavy atom. The zero-order valence-corrected chi connectivity index (χ0v) is 27.1. The van der Waals surface area contributed by atoms with Crippen LogP contribution in [0.2, 0.25) is 0 Å². The Labute approximate surface area is 257 Å². The molecule has 3 rings (SSSR count). The van der Waals surface area contributed by atoms with Crippen LogP contribution < -0.4 is 15.0 Å². The van der Waals surface area contributed by atoms with E-state index in [-0.39, 0.29) is 30.4 Å². The molecule has 13 heteroatoms. The van der Waals surface area contributed by atoms with Crippen molar-refractivity contribution in [1.82, 2.24) is 15.3 Å². The number of hydrogen-bond donors (Lipinski definition) is 1. The van der Waals surface area contributed by atoms with Gasteiger partial charge in [-0.15, -0.1) is 5.06 Å². The first-order chi connectivity index (χ1) is 20.2. The van der Waals surface area contributed by atoms with Crippen LogP contribution >= 0.6 is 0 Å². The van der Waals surface area contributed by atoms with E-state index in [0.29, 0.717) is 25.9 Å². The number of alkyl halides is 3. The summed E-state index contributed by atoms with van der Waals surface area (Å²) in [5.74, 6) is -3.12. The molecule has 0 saturated carbocycles. The van der Waals surface area contributed by atoms with Crippen LogP contribution in [0.5, 0.6) is 5.75 Å². The number of anilines is 1. The van der Waals surface area contributed by atoms with Gasteiger partial charge in [0, 0.05) is 31.7 Å². The Bertz CT molecular complexity index is 1270. The van der Waals surface area contributed by atoms with Crippen molar-refractivity contribution < 1.29 is 41.9 Å². The van der Waals surface area contributed by atoms with Crippen LogP contribution in [0.25, 0.3) is 0 Å².